The fourth-order valence-electron chi connectivity index (χ4n) is 1.66. The summed E-state index contributed by atoms with van der Waals surface area (Å²) in [6, 6.07) is 7.24. The molecule has 0 atom stereocenters. The maximum Gasteiger partial charge on any atom is 0.164 e. The van der Waals surface area contributed by atoms with E-state index in [4.69, 9.17) is 5.73 Å². The average Bonchev–Trinajstić information content (AvgIpc) is 2.99. The molecule has 3 nitrogen and oxygen atoms in total. The van der Waals surface area contributed by atoms with Crippen LogP contribution in [0, 0.1) is 0 Å². The van der Waals surface area contributed by atoms with E-state index < -0.39 is 5.60 Å². The van der Waals surface area contributed by atoms with Crippen LogP contribution in [0.3, 0.4) is 0 Å². The SMILES string of the molecule is NCCC(=O)c1cccc(C2(O)CC2)c1. The van der Waals surface area contributed by atoms with Crippen LogP contribution in [-0.2, 0) is 5.60 Å². The van der Waals surface area contributed by atoms with Crippen molar-refractivity contribution in [3.63, 3.8) is 0 Å². The van der Waals surface area contributed by atoms with Gasteiger partial charge in [0, 0.05) is 12.0 Å². The third-order valence-electron chi connectivity index (χ3n) is 2.82. The third-order valence-corrected chi connectivity index (χ3v) is 2.82. The number of aliphatic hydroxyl groups is 1. The molecule has 1 aliphatic carbocycles. The summed E-state index contributed by atoms with van der Waals surface area (Å²) in [6.07, 6.45) is 1.95. The van der Waals surface area contributed by atoms with Crippen molar-refractivity contribution in [3.05, 3.63) is 35.4 Å². The third kappa shape index (κ3) is 2.08. The molecule has 80 valence electrons. The lowest BCUT2D eigenvalue weighted by Gasteiger charge is -2.09. The number of Topliss-reactive ketones (excluding diaryl/α,β-unsaturated/α-hetero) is 1. The van der Waals surface area contributed by atoms with Gasteiger partial charge in [-0.15, -0.1) is 0 Å². The van der Waals surface area contributed by atoms with Crippen molar-refractivity contribution in [2.75, 3.05) is 6.54 Å². The van der Waals surface area contributed by atoms with Gasteiger partial charge in [-0.1, -0.05) is 18.2 Å². The summed E-state index contributed by atoms with van der Waals surface area (Å²) in [6.45, 7) is 0.368. The Balaban J connectivity index is 2.23. The van der Waals surface area contributed by atoms with Gasteiger partial charge in [-0.05, 0) is 31.0 Å². The number of nitrogens with two attached hydrogens (primary N) is 1. The second-order valence-corrected chi connectivity index (χ2v) is 4.07. The number of carbonyl (C=O) groups excluding carboxylic acids is 1. The molecule has 1 saturated carbocycles. The van der Waals surface area contributed by atoms with Crippen LogP contribution < -0.4 is 5.73 Å². The zero-order valence-electron chi connectivity index (χ0n) is 8.57. The van der Waals surface area contributed by atoms with Crippen molar-refractivity contribution >= 4 is 5.78 Å². The first-order valence-corrected chi connectivity index (χ1v) is 5.22. The molecule has 0 spiro atoms. The molecular weight excluding hydrogens is 190 g/mol. The van der Waals surface area contributed by atoms with Gasteiger partial charge in [0.15, 0.2) is 5.78 Å². The molecule has 0 radical (unpaired) electrons. The summed E-state index contributed by atoms with van der Waals surface area (Å²) < 4.78 is 0. The molecule has 0 unspecified atom stereocenters. The second-order valence-electron chi connectivity index (χ2n) is 4.07. The van der Waals surface area contributed by atoms with Crippen LogP contribution in [0.1, 0.15) is 35.2 Å². The number of ketones is 1. The lowest BCUT2D eigenvalue weighted by atomic mass is 10.0. The van der Waals surface area contributed by atoms with Crippen molar-refractivity contribution < 1.29 is 9.90 Å². The lowest BCUT2D eigenvalue weighted by Crippen LogP contribution is -2.10. The van der Waals surface area contributed by atoms with Crippen molar-refractivity contribution in [3.8, 4) is 0 Å². The molecule has 0 bridgehead atoms. The van der Waals surface area contributed by atoms with Crippen molar-refractivity contribution in [1.82, 2.24) is 0 Å². The van der Waals surface area contributed by atoms with E-state index in [1.54, 1.807) is 12.1 Å². The number of carbonyl (C=O) groups is 1. The Labute approximate surface area is 88.9 Å². The minimum atomic E-state index is -0.668. The molecule has 0 saturated heterocycles. The molecular formula is C12H15NO2. The fraction of sp³-hybridized carbons (Fsp3) is 0.417. The van der Waals surface area contributed by atoms with Crippen LogP contribution in [0.15, 0.2) is 24.3 Å². The zero-order chi connectivity index (χ0) is 10.9. The van der Waals surface area contributed by atoms with Crippen molar-refractivity contribution in [2.45, 2.75) is 24.9 Å². The zero-order valence-corrected chi connectivity index (χ0v) is 8.57. The van der Waals surface area contributed by atoms with Gasteiger partial charge in [-0.2, -0.15) is 0 Å². The molecule has 0 aliphatic heterocycles. The Morgan fingerprint density at radius 3 is 2.80 bits per heavy atom. The largest absolute Gasteiger partial charge is 0.385 e. The van der Waals surface area contributed by atoms with Crippen LogP contribution >= 0.6 is 0 Å². The predicted octanol–water partition coefficient (Wildman–Crippen LogP) is 1.20. The van der Waals surface area contributed by atoms with E-state index in [0.717, 1.165) is 18.4 Å². The molecule has 2 rings (SSSR count). The van der Waals surface area contributed by atoms with E-state index >= 15 is 0 Å². The Hall–Kier alpha value is -1.19. The highest BCUT2D eigenvalue weighted by molar-refractivity contribution is 5.96. The molecule has 1 aliphatic rings. The molecule has 3 heteroatoms. The van der Waals surface area contributed by atoms with Gasteiger partial charge in [-0.25, -0.2) is 0 Å². The molecule has 1 aromatic rings. The van der Waals surface area contributed by atoms with Gasteiger partial charge >= 0.3 is 0 Å². The van der Waals surface area contributed by atoms with Gasteiger partial charge in [0.25, 0.3) is 0 Å². The van der Waals surface area contributed by atoms with Crippen LogP contribution in [0.5, 0.6) is 0 Å². The van der Waals surface area contributed by atoms with Gasteiger partial charge in [0.1, 0.15) is 0 Å². The smallest absolute Gasteiger partial charge is 0.164 e. The average molecular weight is 205 g/mol. The van der Waals surface area contributed by atoms with E-state index in [2.05, 4.69) is 0 Å². The molecule has 15 heavy (non-hydrogen) atoms. The summed E-state index contributed by atoms with van der Waals surface area (Å²) in [4.78, 5) is 11.6. The topological polar surface area (TPSA) is 63.3 Å². The van der Waals surface area contributed by atoms with Gasteiger partial charge < -0.3 is 10.8 Å². The van der Waals surface area contributed by atoms with E-state index in [-0.39, 0.29) is 5.78 Å². The summed E-state index contributed by atoms with van der Waals surface area (Å²) in [5, 5.41) is 9.90. The monoisotopic (exact) mass is 205 g/mol. The van der Waals surface area contributed by atoms with E-state index in [0.29, 0.717) is 18.5 Å². The van der Waals surface area contributed by atoms with Crippen LogP contribution in [0.2, 0.25) is 0 Å². The molecule has 0 heterocycles. The highest BCUT2D eigenvalue weighted by Crippen LogP contribution is 2.45. The highest BCUT2D eigenvalue weighted by Gasteiger charge is 2.42. The van der Waals surface area contributed by atoms with Crippen molar-refractivity contribution in [2.24, 2.45) is 5.73 Å². The number of benzene rings is 1. The standard InChI is InChI=1S/C12H15NO2/c13-7-4-11(14)9-2-1-3-10(8-9)12(15)5-6-12/h1-3,8,15H,4-7,13H2. The quantitative estimate of drug-likeness (QED) is 0.726. The van der Waals surface area contributed by atoms with Crippen molar-refractivity contribution in [1.29, 1.82) is 0 Å². The van der Waals surface area contributed by atoms with Crippen LogP contribution in [0.4, 0.5) is 0 Å². The summed E-state index contributed by atoms with van der Waals surface area (Å²) in [5.41, 5.74) is 6.17. The van der Waals surface area contributed by atoms with E-state index in [1.165, 1.54) is 0 Å². The molecule has 0 amide bonds. The molecule has 1 fully saturated rings. The Bertz CT molecular complexity index is 383. The normalized spacial score (nSPS) is 17.5. The minimum Gasteiger partial charge on any atom is -0.385 e. The summed E-state index contributed by atoms with van der Waals surface area (Å²) >= 11 is 0. The first-order chi connectivity index (χ1) is 7.15. The minimum absolute atomic E-state index is 0.0450. The second kappa shape index (κ2) is 3.76. The highest BCUT2D eigenvalue weighted by atomic mass is 16.3. The Kier molecular flexibility index (Phi) is 2.59. The molecule has 3 N–H and O–H groups in total. The van der Waals surface area contributed by atoms with E-state index in [1.807, 2.05) is 12.1 Å². The van der Waals surface area contributed by atoms with Crippen LogP contribution in [-0.4, -0.2) is 17.4 Å². The van der Waals surface area contributed by atoms with Gasteiger partial charge in [0.05, 0.1) is 5.60 Å². The number of rotatable bonds is 4. The number of hydrogen-bond acceptors (Lipinski definition) is 3. The first kappa shape index (κ1) is 10.3. The van der Waals surface area contributed by atoms with Gasteiger partial charge in [0.2, 0.25) is 0 Å². The van der Waals surface area contributed by atoms with E-state index in [9.17, 15) is 9.90 Å². The maximum absolute atomic E-state index is 11.6. The molecule has 0 aromatic heterocycles. The Morgan fingerprint density at radius 1 is 1.47 bits per heavy atom. The van der Waals surface area contributed by atoms with Crippen LogP contribution in [0.25, 0.3) is 0 Å². The fourth-order valence-corrected chi connectivity index (χ4v) is 1.66. The summed E-state index contributed by atoms with van der Waals surface area (Å²) in [5.74, 6) is 0.0450. The Morgan fingerprint density at radius 2 is 2.20 bits per heavy atom. The molecule has 1 aromatic carbocycles. The lowest BCUT2D eigenvalue weighted by molar-refractivity contribution is 0.0985. The first-order valence-electron chi connectivity index (χ1n) is 5.22. The van der Waals surface area contributed by atoms with Gasteiger partial charge in [-0.3, -0.25) is 4.79 Å². The maximum atomic E-state index is 11.6. The number of hydrogen-bond donors (Lipinski definition) is 2. The summed E-state index contributed by atoms with van der Waals surface area (Å²) in [7, 11) is 0. The predicted molar refractivity (Wildman–Crippen MR) is 57.6 cm³/mol.